The van der Waals surface area contributed by atoms with Crippen molar-refractivity contribution in [1.29, 1.82) is 0 Å². The maximum atomic E-state index is 12.1. The highest BCUT2D eigenvalue weighted by atomic mass is 127. The topological polar surface area (TPSA) is 58.5 Å². The predicted molar refractivity (Wildman–Crippen MR) is 114 cm³/mol. The van der Waals surface area contributed by atoms with E-state index in [2.05, 4.69) is 25.3 Å². The largest absolute Gasteiger partial charge is 0.411 e. The zero-order valence-corrected chi connectivity index (χ0v) is 18.0. The highest BCUT2D eigenvalue weighted by Crippen LogP contribution is 2.15. The third-order valence-electron chi connectivity index (χ3n) is 3.62. The highest BCUT2D eigenvalue weighted by Gasteiger charge is 2.27. The molecule has 9 heteroatoms. The molecule has 0 aliphatic rings. The molecule has 0 bridgehead atoms. The van der Waals surface area contributed by atoms with Gasteiger partial charge in [-0.05, 0) is 30.2 Å². The van der Waals surface area contributed by atoms with Crippen LogP contribution < -0.4 is 10.6 Å². The molecule has 0 spiro atoms. The van der Waals surface area contributed by atoms with Crippen LogP contribution in [0.15, 0.2) is 47.5 Å². The molecule has 0 saturated heterocycles. The van der Waals surface area contributed by atoms with Gasteiger partial charge in [0.15, 0.2) is 5.96 Å². The first-order valence-corrected chi connectivity index (χ1v) is 8.45. The summed E-state index contributed by atoms with van der Waals surface area (Å²) in [5.74, 6) is 0.635. The van der Waals surface area contributed by atoms with E-state index in [9.17, 15) is 13.2 Å². The van der Waals surface area contributed by atoms with Crippen LogP contribution in [0.4, 0.5) is 13.2 Å². The van der Waals surface area contributed by atoms with Crippen molar-refractivity contribution in [2.45, 2.75) is 32.8 Å². The molecular weight excluding hydrogens is 484 g/mol. The Morgan fingerprint density at radius 2 is 1.68 bits per heavy atom. The Bertz CT molecular complexity index is 752. The molecule has 2 N–H and O–H groups in total. The highest BCUT2D eigenvalue weighted by molar-refractivity contribution is 14.0. The number of guanidine groups is 1. The van der Waals surface area contributed by atoms with Crippen molar-refractivity contribution >= 4 is 29.9 Å². The van der Waals surface area contributed by atoms with Crippen LogP contribution in [0.1, 0.15) is 22.5 Å². The molecule has 5 nitrogen and oxygen atoms in total. The molecular formula is C19H24F3IN4O. The summed E-state index contributed by atoms with van der Waals surface area (Å²) in [5.41, 5.74) is 3.54. The van der Waals surface area contributed by atoms with Crippen LogP contribution >= 0.6 is 24.0 Å². The van der Waals surface area contributed by atoms with Gasteiger partial charge in [-0.15, -0.1) is 24.0 Å². The number of rotatable bonds is 7. The van der Waals surface area contributed by atoms with Gasteiger partial charge >= 0.3 is 6.18 Å². The molecule has 0 aliphatic heterocycles. The molecule has 1 aromatic heterocycles. The van der Waals surface area contributed by atoms with E-state index in [1.165, 1.54) is 0 Å². The van der Waals surface area contributed by atoms with Gasteiger partial charge in [0.1, 0.15) is 6.61 Å². The Balaban J connectivity index is 0.00000392. The SMILES string of the molecule is CN=C(NCc1ccc(COCC(F)(F)F)cc1)NCc1cccc(C)n1.I. The molecule has 0 aliphatic carbocycles. The molecule has 0 unspecified atom stereocenters. The predicted octanol–water partition coefficient (Wildman–Crippen LogP) is 3.95. The summed E-state index contributed by atoms with van der Waals surface area (Å²) in [4.78, 5) is 8.58. The number of hydrogen-bond acceptors (Lipinski definition) is 3. The summed E-state index contributed by atoms with van der Waals surface area (Å²) >= 11 is 0. The summed E-state index contributed by atoms with van der Waals surface area (Å²) in [5, 5.41) is 6.37. The van der Waals surface area contributed by atoms with Gasteiger partial charge in [-0.2, -0.15) is 13.2 Å². The minimum atomic E-state index is -4.30. The quantitative estimate of drug-likeness (QED) is 0.338. The maximum absolute atomic E-state index is 12.1. The van der Waals surface area contributed by atoms with Gasteiger partial charge < -0.3 is 15.4 Å². The minimum absolute atomic E-state index is 0. The number of aliphatic imine (C=N–C) groups is 1. The summed E-state index contributed by atoms with van der Waals surface area (Å²) < 4.78 is 40.9. The summed E-state index contributed by atoms with van der Waals surface area (Å²) in [6, 6.07) is 13.0. The molecule has 0 saturated carbocycles. The van der Waals surface area contributed by atoms with Crippen molar-refractivity contribution in [1.82, 2.24) is 15.6 Å². The van der Waals surface area contributed by atoms with Crippen LogP contribution in [0.2, 0.25) is 0 Å². The number of alkyl halides is 3. The first-order chi connectivity index (χ1) is 12.9. The molecule has 0 fully saturated rings. The van der Waals surface area contributed by atoms with Crippen LogP contribution in [0, 0.1) is 6.92 Å². The standard InChI is InChI=1S/C19H23F3N4O.HI/c1-14-4-3-5-17(26-14)11-25-18(23-2)24-10-15-6-8-16(9-7-15)12-27-13-19(20,21)22;/h3-9H,10-13H2,1-2H3,(H2,23,24,25);1H. The number of pyridine rings is 1. The van der Waals surface area contributed by atoms with Crippen molar-refractivity contribution < 1.29 is 17.9 Å². The summed E-state index contributed by atoms with van der Waals surface area (Å²) in [7, 11) is 1.68. The number of aryl methyl sites for hydroxylation is 1. The van der Waals surface area contributed by atoms with E-state index in [1.807, 2.05) is 37.3 Å². The Morgan fingerprint density at radius 1 is 1.04 bits per heavy atom. The fourth-order valence-electron chi connectivity index (χ4n) is 2.32. The second-order valence-electron chi connectivity index (χ2n) is 5.97. The van der Waals surface area contributed by atoms with Gasteiger partial charge in [-0.25, -0.2) is 0 Å². The normalized spacial score (nSPS) is 11.7. The molecule has 28 heavy (non-hydrogen) atoms. The van der Waals surface area contributed by atoms with Crippen molar-refractivity contribution in [2.75, 3.05) is 13.7 Å². The molecule has 0 atom stereocenters. The molecule has 0 amide bonds. The van der Waals surface area contributed by atoms with E-state index in [-0.39, 0.29) is 30.6 Å². The van der Waals surface area contributed by atoms with Crippen LogP contribution in [0.3, 0.4) is 0 Å². The van der Waals surface area contributed by atoms with Gasteiger partial charge in [0.2, 0.25) is 0 Å². The van der Waals surface area contributed by atoms with Crippen molar-refractivity contribution in [3.05, 3.63) is 65.0 Å². The van der Waals surface area contributed by atoms with Gasteiger partial charge in [0.25, 0.3) is 0 Å². The van der Waals surface area contributed by atoms with E-state index in [1.54, 1.807) is 19.2 Å². The average molecular weight is 508 g/mol. The smallest absolute Gasteiger partial charge is 0.367 e. The molecule has 1 heterocycles. The van der Waals surface area contributed by atoms with Gasteiger partial charge in [-0.1, -0.05) is 30.3 Å². The minimum Gasteiger partial charge on any atom is -0.367 e. The van der Waals surface area contributed by atoms with Crippen LogP contribution in [-0.2, 0) is 24.4 Å². The number of ether oxygens (including phenoxy) is 1. The molecule has 2 rings (SSSR count). The summed E-state index contributed by atoms with van der Waals surface area (Å²) in [6.07, 6.45) is -4.30. The molecule has 154 valence electrons. The van der Waals surface area contributed by atoms with E-state index in [0.29, 0.717) is 24.6 Å². The fourth-order valence-corrected chi connectivity index (χ4v) is 2.32. The van der Waals surface area contributed by atoms with Gasteiger partial charge in [-0.3, -0.25) is 9.98 Å². The van der Waals surface area contributed by atoms with Crippen LogP contribution in [-0.4, -0.2) is 30.8 Å². The lowest BCUT2D eigenvalue weighted by Crippen LogP contribution is -2.36. The first kappa shape index (κ1) is 24.2. The van der Waals surface area contributed by atoms with Crippen LogP contribution in [0.25, 0.3) is 0 Å². The molecule has 2 aromatic rings. The zero-order valence-electron chi connectivity index (χ0n) is 15.7. The monoisotopic (exact) mass is 508 g/mol. The Labute approximate surface area is 179 Å². The lowest BCUT2D eigenvalue weighted by molar-refractivity contribution is -0.176. The van der Waals surface area contributed by atoms with E-state index in [0.717, 1.165) is 17.0 Å². The van der Waals surface area contributed by atoms with Gasteiger partial charge in [0, 0.05) is 19.3 Å². The number of benzene rings is 1. The average Bonchev–Trinajstić information content (AvgIpc) is 2.62. The van der Waals surface area contributed by atoms with Crippen molar-refractivity contribution in [2.24, 2.45) is 4.99 Å². The number of halogens is 4. The number of nitrogens with zero attached hydrogens (tertiary/aromatic N) is 2. The molecule has 1 aromatic carbocycles. The lowest BCUT2D eigenvalue weighted by Gasteiger charge is -2.12. The Hall–Kier alpha value is -1.88. The van der Waals surface area contributed by atoms with E-state index in [4.69, 9.17) is 0 Å². The first-order valence-electron chi connectivity index (χ1n) is 8.45. The van der Waals surface area contributed by atoms with Gasteiger partial charge in [0.05, 0.1) is 18.8 Å². The van der Waals surface area contributed by atoms with Crippen molar-refractivity contribution in [3.63, 3.8) is 0 Å². The van der Waals surface area contributed by atoms with Crippen LogP contribution in [0.5, 0.6) is 0 Å². The number of nitrogens with one attached hydrogen (secondary N) is 2. The Morgan fingerprint density at radius 3 is 2.29 bits per heavy atom. The third kappa shape index (κ3) is 9.36. The molecule has 0 radical (unpaired) electrons. The zero-order chi connectivity index (χ0) is 19.7. The van der Waals surface area contributed by atoms with Crippen molar-refractivity contribution in [3.8, 4) is 0 Å². The third-order valence-corrected chi connectivity index (χ3v) is 3.62. The second kappa shape index (κ2) is 11.8. The maximum Gasteiger partial charge on any atom is 0.411 e. The Kier molecular flexibility index (Phi) is 10.2. The lowest BCUT2D eigenvalue weighted by atomic mass is 10.1. The summed E-state index contributed by atoms with van der Waals surface area (Å²) in [6.45, 7) is 1.71. The fraction of sp³-hybridized carbons (Fsp3) is 0.368. The number of hydrogen-bond donors (Lipinski definition) is 2. The number of aromatic nitrogens is 1. The van der Waals surface area contributed by atoms with E-state index >= 15 is 0 Å². The second-order valence-corrected chi connectivity index (χ2v) is 5.97. The van der Waals surface area contributed by atoms with E-state index < -0.39 is 12.8 Å².